The van der Waals surface area contributed by atoms with E-state index in [-0.39, 0.29) is 5.75 Å². The molecule has 0 spiro atoms. The number of thioether (sulfide) groups is 1. The number of pyridine rings is 1. The first kappa shape index (κ1) is 13.6. The van der Waals surface area contributed by atoms with Gasteiger partial charge in [0.15, 0.2) is 10.8 Å². The van der Waals surface area contributed by atoms with Gasteiger partial charge in [-0.15, -0.1) is 0 Å². The van der Waals surface area contributed by atoms with Crippen LogP contribution in [0.5, 0.6) is 0 Å². The topological polar surface area (TPSA) is 85.8 Å². The summed E-state index contributed by atoms with van der Waals surface area (Å²) in [5, 5.41) is 13.6. The molecule has 7 nitrogen and oxygen atoms in total. The number of carboxylic acid groups (broad SMARTS) is 1. The Kier molecular flexibility index (Phi) is 3.61. The molecule has 0 unspecified atom stereocenters. The molecular weight excluding hydrogens is 290 g/mol. The number of nitrogens with zero attached hydrogens (tertiary/aromatic N) is 5. The van der Waals surface area contributed by atoms with Crippen molar-refractivity contribution < 1.29 is 9.90 Å². The van der Waals surface area contributed by atoms with E-state index >= 15 is 0 Å². The van der Waals surface area contributed by atoms with Gasteiger partial charge in [0.25, 0.3) is 0 Å². The number of fused-ring (bicyclic) bond motifs is 1. The Bertz CT molecular complexity index is 795. The largest absolute Gasteiger partial charge is 0.481 e. The van der Waals surface area contributed by atoms with Crippen molar-refractivity contribution in [3.63, 3.8) is 0 Å². The second-order valence-corrected chi connectivity index (χ2v) is 5.40. The third kappa shape index (κ3) is 2.75. The SMILES string of the molecule is Cn1nccc1Cn1c(SCC(=O)O)nc2cccnc21. The molecule has 0 aliphatic heterocycles. The number of hydrogen-bond donors (Lipinski definition) is 1. The summed E-state index contributed by atoms with van der Waals surface area (Å²) in [5.41, 5.74) is 2.50. The average molecular weight is 303 g/mol. The monoisotopic (exact) mass is 303 g/mol. The van der Waals surface area contributed by atoms with Crippen molar-refractivity contribution in [2.75, 3.05) is 5.75 Å². The summed E-state index contributed by atoms with van der Waals surface area (Å²) in [7, 11) is 1.87. The van der Waals surface area contributed by atoms with Crippen LogP contribution >= 0.6 is 11.8 Å². The maximum Gasteiger partial charge on any atom is 0.313 e. The molecule has 3 rings (SSSR count). The smallest absolute Gasteiger partial charge is 0.313 e. The number of carbonyl (C=O) groups is 1. The molecule has 3 heterocycles. The normalized spacial score (nSPS) is 11.1. The first-order valence-corrected chi connectivity index (χ1v) is 7.26. The summed E-state index contributed by atoms with van der Waals surface area (Å²) >= 11 is 1.19. The van der Waals surface area contributed by atoms with Crippen LogP contribution in [0.4, 0.5) is 0 Å². The molecule has 0 aliphatic rings. The number of aliphatic carboxylic acids is 1. The van der Waals surface area contributed by atoms with Crippen LogP contribution in [-0.2, 0) is 18.4 Å². The van der Waals surface area contributed by atoms with E-state index < -0.39 is 5.97 Å². The number of carboxylic acids is 1. The van der Waals surface area contributed by atoms with Gasteiger partial charge in [0.1, 0.15) is 5.52 Å². The van der Waals surface area contributed by atoms with Gasteiger partial charge in [0.05, 0.1) is 18.0 Å². The molecule has 0 radical (unpaired) electrons. The molecule has 0 saturated heterocycles. The van der Waals surface area contributed by atoms with E-state index in [0.29, 0.717) is 11.7 Å². The average Bonchev–Trinajstić information content (AvgIpc) is 3.02. The highest BCUT2D eigenvalue weighted by molar-refractivity contribution is 7.99. The van der Waals surface area contributed by atoms with E-state index in [1.165, 1.54) is 11.8 Å². The molecule has 108 valence electrons. The molecule has 0 aromatic carbocycles. The zero-order chi connectivity index (χ0) is 14.8. The van der Waals surface area contributed by atoms with Crippen molar-refractivity contribution >= 4 is 28.9 Å². The zero-order valence-electron chi connectivity index (χ0n) is 11.3. The standard InChI is InChI=1S/C13H13N5O2S/c1-17-9(4-6-15-17)7-18-12-10(3-2-5-14-12)16-13(18)21-8-11(19)20/h2-6H,7-8H2,1H3,(H,19,20). The van der Waals surface area contributed by atoms with Gasteiger partial charge < -0.3 is 5.11 Å². The summed E-state index contributed by atoms with van der Waals surface area (Å²) in [6.45, 7) is 0.548. The summed E-state index contributed by atoms with van der Waals surface area (Å²) < 4.78 is 3.69. The minimum absolute atomic E-state index is 0.0330. The van der Waals surface area contributed by atoms with Crippen molar-refractivity contribution in [2.24, 2.45) is 7.05 Å². The highest BCUT2D eigenvalue weighted by Gasteiger charge is 2.14. The van der Waals surface area contributed by atoms with E-state index in [4.69, 9.17) is 5.11 Å². The number of aromatic nitrogens is 5. The van der Waals surface area contributed by atoms with Crippen LogP contribution in [0.2, 0.25) is 0 Å². The lowest BCUT2D eigenvalue weighted by Gasteiger charge is -2.07. The van der Waals surface area contributed by atoms with Crippen LogP contribution < -0.4 is 0 Å². The van der Waals surface area contributed by atoms with Gasteiger partial charge in [0.2, 0.25) is 0 Å². The van der Waals surface area contributed by atoms with Gasteiger partial charge in [-0.05, 0) is 18.2 Å². The Morgan fingerprint density at radius 2 is 2.24 bits per heavy atom. The number of rotatable bonds is 5. The van der Waals surface area contributed by atoms with Crippen molar-refractivity contribution in [1.29, 1.82) is 0 Å². The van der Waals surface area contributed by atoms with Crippen LogP contribution in [0.25, 0.3) is 11.2 Å². The fourth-order valence-electron chi connectivity index (χ4n) is 2.04. The Balaban J connectivity index is 2.02. The molecule has 0 saturated carbocycles. The quantitative estimate of drug-likeness (QED) is 0.717. The third-order valence-corrected chi connectivity index (χ3v) is 4.00. The highest BCUT2D eigenvalue weighted by atomic mass is 32.2. The summed E-state index contributed by atoms with van der Waals surface area (Å²) in [5.74, 6) is -0.901. The maximum absolute atomic E-state index is 10.8. The molecule has 0 aliphatic carbocycles. The number of imidazole rings is 1. The molecule has 0 amide bonds. The molecule has 21 heavy (non-hydrogen) atoms. The summed E-state index contributed by atoms with van der Waals surface area (Å²) in [6.07, 6.45) is 3.43. The minimum Gasteiger partial charge on any atom is -0.481 e. The van der Waals surface area contributed by atoms with Crippen LogP contribution in [0.15, 0.2) is 35.7 Å². The highest BCUT2D eigenvalue weighted by Crippen LogP contribution is 2.23. The zero-order valence-corrected chi connectivity index (χ0v) is 12.1. The lowest BCUT2D eigenvalue weighted by Crippen LogP contribution is -2.08. The van der Waals surface area contributed by atoms with Crippen LogP contribution in [0.1, 0.15) is 5.69 Å². The van der Waals surface area contributed by atoms with Gasteiger partial charge in [0, 0.05) is 19.4 Å². The molecule has 3 aromatic rings. The van der Waals surface area contributed by atoms with E-state index in [9.17, 15) is 4.79 Å². The lowest BCUT2D eigenvalue weighted by atomic mass is 10.4. The van der Waals surface area contributed by atoms with E-state index in [1.807, 2.05) is 29.8 Å². The van der Waals surface area contributed by atoms with Crippen LogP contribution in [0.3, 0.4) is 0 Å². The van der Waals surface area contributed by atoms with Crippen LogP contribution in [0, 0.1) is 0 Å². The number of hydrogen-bond acceptors (Lipinski definition) is 5. The van der Waals surface area contributed by atoms with Crippen molar-refractivity contribution in [2.45, 2.75) is 11.7 Å². The van der Waals surface area contributed by atoms with E-state index in [1.54, 1.807) is 17.1 Å². The predicted molar refractivity (Wildman–Crippen MR) is 78.2 cm³/mol. The molecule has 8 heteroatoms. The lowest BCUT2D eigenvalue weighted by molar-refractivity contribution is -0.133. The number of aryl methyl sites for hydroxylation is 1. The maximum atomic E-state index is 10.8. The summed E-state index contributed by atoms with van der Waals surface area (Å²) in [4.78, 5) is 19.6. The van der Waals surface area contributed by atoms with Crippen LogP contribution in [-0.4, -0.2) is 41.1 Å². The Hall–Kier alpha value is -2.35. The molecule has 0 fully saturated rings. The van der Waals surface area contributed by atoms with E-state index in [0.717, 1.165) is 16.9 Å². The molecular formula is C13H13N5O2S. The third-order valence-electron chi connectivity index (χ3n) is 3.04. The fraction of sp³-hybridized carbons (Fsp3) is 0.231. The van der Waals surface area contributed by atoms with Gasteiger partial charge in [-0.1, -0.05) is 11.8 Å². The fourth-order valence-corrected chi connectivity index (χ4v) is 2.76. The second-order valence-electron chi connectivity index (χ2n) is 4.46. The van der Waals surface area contributed by atoms with Crippen molar-refractivity contribution in [3.05, 3.63) is 36.3 Å². The van der Waals surface area contributed by atoms with Crippen molar-refractivity contribution in [1.82, 2.24) is 24.3 Å². The van der Waals surface area contributed by atoms with Crippen molar-refractivity contribution in [3.8, 4) is 0 Å². The van der Waals surface area contributed by atoms with Gasteiger partial charge in [-0.25, -0.2) is 9.97 Å². The first-order valence-electron chi connectivity index (χ1n) is 6.28. The summed E-state index contributed by atoms with van der Waals surface area (Å²) in [6, 6.07) is 5.60. The Morgan fingerprint density at radius 3 is 2.95 bits per heavy atom. The van der Waals surface area contributed by atoms with E-state index in [2.05, 4.69) is 15.1 Å². The predicted octanol–water partition coefficient (Wildman–Crippen LogP) is 1.39. The molecule has 0 bridgehead atoms. The molecule has 0 atom stereocenters. The minimum atomic E-state index is -0.868. The molecule has 1 N–H and O–H groups in total. The Morgan fingerprint density at radius 1 is 1.38 bits per heavy atom. The van der Waals surface area contributed by atoms with Gasteiger partial charge >= 0.3 is 5.97 Å². The van der Waals surface area contributed by atoms with Gasteiger partial charge in [-0.2, -0.15) is 5.10 Å². The molecule has 3 aromatic heterocycles. The Labute approximate surface area is 124 Å². The first-order chi connectivity index (χ1) is 10.1. The van der Waals surface area contributed by atoms with Gasteiger partial charge in [-0.3, -0.25) is 14.0 Å². The second kappa shape index (κ2) is 5.57.